The molecule has 1 aliphatic heterocycles. The van der Waals surface area contributed by atoms with Gasteiger partial charge in [0.1, 0.15) is 0 Å². The lowest BCUT2D eigenvalue weighted by Gasteiger charge is -2.43. The first-order valence-corrected chi connectivity index (χ1v) is 14.6. The van der Waals surface area contributed by atoms with Crippen LogP contribution >= 0.6 is 0 Å². The molecule has 176 valence electrons. The summed E-state index contributed by atoms with van der Waals surface area (Å²) in [6.07, 6.45) is 10.6. The summed E-state index contributed by atoms with van der Waals surface area (Å²) in [5.74, 6) is 0.244. The smallest absolute Gasteiger partial charge is 0.197 e. The maximum atomic E-state index is 10.7. The largest absolute Gasteiger partial charge is 0.473 e. The van der Waals surface area contributed by atoms with Crippen LogP contribution in [-0.4, -0.2) is 37.5 Å². The maximum absolute atomic E-state index is 10.7. The van der Waals surface area contributed by atoms with Crippen molar-refractivity contribution < 1.29 is 19.4 Å². The van der Waals surface area contributed by atoms with Crippen LogP contribution in [0.15, 0.2) is 46.8 Å². The zero-order valence-electron chi connectivity index (χ0n) is 20.9. The van der Waals surface area contributed by atoms with Crippen LogP contribution in [0, 0.1) is 11.8 Å². The van der Waals surface area contributed by atoms with Crippen molar-refractivity contribution >= 4 is 8.32 Å². The Morgan fingerprint density at radius 3 is 2.52 bits per heavy atom. The van der Waals surface area contributed by atoms with Crippen molar-refractivity contribution in [2.45, 2.75) is 97.8 Å². The molecule has 0 fully saturated rings. The summed E-state index contributed by atoms with van der Waals surface area (Å²) >= 11 is 0. The number of rotatable bonds is 9. The fourth-order valence-electron chi connectivity index (χ4n) is 4.13. The Balaban J connectivity index is 2.11. The fraction of sp³-hybridized carbons (Fsp3) is 0.692. The van der Waals surface area contributed by atoms with E-state index in [0.717, 1.165) is 30.4 Å². The zero-order chi connectivity index (χ0) is 23.4. The van der Waals surface area contributed by atoms with Crippen LogP contribution in [0.2, 0.25) is 18.1 Å². The second-order valence-corrected chi connectivity index (χ2v) is 15.7. The van der Waals surface area contributed by atoms with Gasteiger partial charge in [-0.25, -0.2) is 0 Å². The molecular formula is C26H44O4Si. The molecule has 4 atom stereocenters. The van der Waals surface area contributed by atoms with Crippen molar-refractivity contribution in [2.24, 2.45) is 11.8 Å². The van der Waals surface area contributed by atoms with Gasteiger partial charge >= 0.3 is 0 Å². The van der Waals surface area contributed by atoms with Gasteiger partial charge in [0.05, 0.1) is 24.9 Å². The molecule has 0 aromatic rings. The van der Waals surface area contributed by atoms with Crippen molar-refractivity contribution in [1.29, 1.82) is 0 Å². The minimum Gasteiger partial charge on any atom is -0.473 e. The summed E-state index contributed by atoms with van der Waals surface area (Å²) in [7, 11) is -2.02. The van der Waals surface area contributed by atoms with Crippen LogP contribution in [0.3, 0.4) is 0 Å². The van der Waals surface area contributed by atoms with E-state index in [2.05, 4.69) is 66.8 Å². The molecule has 0 bridgehead atoms. The Kier molecular flexibility index (Phi) is 8.97. The minimum atomic E-state index is -2.02. The molecule has 0 aromatic heterocycles. The topological polar surface area (TPSA) is 58.9 Å². The molecule has 1 aliphatic carbocycles. The number of allylic oxidation sites excluding steroid dienone is 4. The van der Waals surface area contributed by atoms with Crippen LogP contribution < -0.4 is 0 Å². The first-order chi connectivity index (χ1) is 14.4. The highest BCUT2D eigenvalue weighted by Crippen LogP contribution is 2.47. The molecule has 0 saturated carbocycles. The van der Waals surface area contributed by atoms with E-state index in [1.807, 2.05) is 12.3 Å². The van der Waals surface area contributed by atoms with Gasteiger partial charge in [0.25, 0.3) is 0 Å². The summed E-state index contributed by atoms with van der Waals surface area (Å²) in [5.41, 5.74) is 4.65. The lowest BCUT2D eigenvalue weighted by molar-refractivity contribution is -0.0948. The van der Waals surface area contributed by atoms with Gasteiger partial charge in [0.2, 0.25) is 0 Å². The predicted octanol–water partition coefficient (Wildman–Crippen LogP) is 6.25. The van der Waals surface area contributed by atoms with Gasteiger partial charge in [0.15, 0.2) is 14.6 Å². The molecule has 0 aromatic carbocycles. The molecule has 2 aliphatic rings. The number of fused-ring (bicyclic) bond motifs is 1. The van der Waals surface area contributed by atoms with Crippen LogP contribution in [-0.2, 0) is 9.16 Å². The van der Waals surface area contributed by atoms with E-state index in [4.69, 9.17) is 9.16 Å². The Morgan fingerprint density at radius 2 is 1.94 bits per heavy atom. The van der Waals surface area contributed by atoms with Gasteiger partial charge in [-0.1, -0.05) is 50.1 Å². The molecule has 0 spiro atoms. The molecule has 0 amide bonds. The average Bonchev–Trinajstić information content (AvgIpc) is 3.07. The van der Waals surface area contributed by atoms with Gasteiger partial charge in [-0.15, -0.1) is 0 Å². The lowest BCUT2D eigenvalue weighted by Crippen LogP contribution is -2.48. The normalized spacial score (nSPS) is 25.4. The van der Waals surface area contributed by atoms with E-state index in [0.29, 0.717) is 6.42 Å². The highest BCUT2D eigenvalue weighted by atomic mass is 28.4. The molecule has 5 heteroatoms. The molecule has 2 rings (SSSR count). The van der Waals surface area contributed by atoms with Crippen LogP contribution in [0.5, 0.6) is 0 Å². The summed E-state index contributed by atoms with van der Waals surface area (Å²) in [5, 5.41) is 20.7. The van der Waals surface area contributed by atoms with Crippen molar-refractivity contribution in [3.63, 3.8) is 0 Å². The Bertz CT molecular complexity index is 735. The Labute approximate surface area is 190 Å². The van der Waals surface area contributed by atoms with Gasteiger partial charge in [-0.3, -0.25) is 0 Å². The summed E-state index contributed by atoms with van der Waals surface area (Å²) < 4.78 is 12.7. The van der Waals surface area contributed by atoms with Crippen LogP contribution in [0.1, 0.15) is 67.2 Å². The molecule has 1 heterocycles. The van der Waals surface area contributed by atoms with E-state index in [-0.39, 0.29) is 29.8 Å². The first kappa shape index (κ1) is 26.1. The van der Waals surface area contributed by atoms with Gasteiger partial charge in [-0.2, -0.15) is 0 Å². The molecule has 0 unspecified atom stereocenters. The molecule has 2 N–H and O–H groups in total. The van der Waals surface area contributed by atoms with Crippen LogP contribution in [0.4, 0.5) is 0 Å². The SMILES string of the molecule is CC(C)=CCC/C(C)=C/[C@H](O)CC1=CO[C@@H](O[Si](C)(C)C(C)(C)C)[C@@H]2C(CO)=CC[C@H]12. The van der Waals surface area contributed by atoms with Gasteiger partial charge in [-0.05, 0) is 75.2 Å². The highest BCUT2D eigenvalue weighted by Gasteiger charge is 2.47. The quantitative estimate of drug-likeness (QED) is 0.323. The van der Waals surface area contributed by atoms with E-state index < -0.39 is 14.4 Å². The standard InChI is InChI=1S/C26H44O4Si/c1-18(2)10-9-11-19(3)14-22(28)15-21-17-29-25(30-31(7,8)26(4,5)6)24-20(16-27)12-13-23(21)24/h10,12,14,17,22-25,27-28H,9,11,13,15-16H2,1-8H3/b19-14+/t22-,23+,24+,25-/m0/s1. The summed E-state index contributed by atoms with van der Waals surface area (Å²) in [6.45, 7) is 17.5. The minimum absolute atomic E-state index is 0.0223. The van der Waals surface area contributed by atoms with E-state index in [1.165, 1.54) is 11.1 Å². The number of aliphatic hydroxyl groups excluding tert-OH is 2. The summed E-state index contributed by atoms with van der Waals surface area (Å²) in [6, 6.07) is 0. The first-order valence-electron chi connectivity index (χ1n) is 11.7. The predicted molar refractivity (Wildman–Crippen MR) is 131 cm³/mol. The number of hydrogen-bond donors (Lipinski definition) is 2. The van der Waals surface area contributed by atoms with E-state index in [9.17, 15) is 10.2 Å². The van der Waals surface area contributed by atoms with Gasteiger partial charge in [0, 0.05) is 6.42 Å². The molecule has 0 saturated heterocycles. The third kappa shape index (κ3) is 6.92. The zero-order valence-corrected chi connectivity index (χ0v) is 21.9. The van der Waals surface area contributed by atoms with Crippen LogP contribution in [0.25, 0.3) is 0 Å². The average molecular weight is 449 g/mol. The number of aliphatic hydroxyl groups is 2. The third-order valence-electron chi connectivity index (χ3n) is 7.03. The second-order valence-electron chi connectivity index (χ2n) is 11.0. The van der Waals surface area contributed by atoms with E-state index >= 15 is 0 Å². The number of hydrogen-bond acceptors (Lipinski definition) is 4. The fourth-order valence-corrected chi connectivity index (χ4v) is 5.27. The molecule has 4 nitrogen and oxygen atoms in total. The Morgan fingerprint density at radius 1 is 1.26 bits per heavy atom. The molecule has 31 heavy (non-hydrogen) atoms. The monoisotopic (exact) mass is 448 g/mol. The summed E-state index contributed by atoms with van der Waals surface area (Å²) in [4.78, 5) is 0. The molecular weight excluding hydrogens is 404 g/mol. The van der Waals surface area contributed by atoms with Crippen molar-refractivity contribution in [3.05, 3.63) is 46.8 Å². The second kappa shape index (κ2) is 10.6. The highest BCUT2D eigenvalue weighted by molar-refractivity contribution is 6.74. The van der Waals surface area contributed by atoms with Crippen molar-refractivity contribution in [3.8, 4) is 0 Å². The number of ether oxygens (including phenoxy) is 1. The van der Waals surface area contributed by atoms with Crippen molar-refractivity contribution in [1.82, 2.24) is 0 Å². The maximum Gasteiger partial charge on any atom is 0.197 e. The van der Waals surface area contributed by atoms with Crippen molar-refractivity contribution in [2.75, 3.05) is 6.61 Å². The Hall–Kier alpha value is -1.14. The molecule has 0 radical (unpaired) electrons. The lowest BCUT2D eigenvalue weighted by atomic mass is 9.81. The van der Waals surface area contributed by atoms with E-state index in [1.54, 1.807) is 0 Å². The third-order valence-corrected chi connectivity index (χ3v) is 11.5. The van der Waals surface area contributed by atoms with Gasteiger partial charge < -0.3 is 19.4 Å².